The van der Waals surface area contributed by atoms with E-state index in [9.17, 15) is 0 Å². The molecule has 0 unspecified atom stereocenters. The maximum Gasteiger partial charge on any atom is 0.164 e. The van der Waals surface area contributed by atoms with Crippen LogP contribution >= 0.6 is 0 Å². The minimum absolute atomic E-state index is 0.188. The van der Waals surface area contributed by atoms with Gasteiger partial charge in [-0.25, -0.2) is 14.6 Å². The summed E-state index contributed by atoms with van der Waals surface area (Å²) in [7, 11) is 0. The maximum absolute atomic E-state index is 6.17. The number of nitrogen functional groups attached to an aromatic ring is 1. The second-order valence-corrected chi connectivity index (χ2v) is 7.30. The van der Waals surface area contributed by atoms with Gasteiger partial charge in [0.25, 0.3) is 0 Å². The van der Waals surface area contributed by atoms with Gasteiger partial charge < -0.3 is 11.1 Å². The van der Waals surface area contributed by atoms with Crippen molar-refractivity contribution in [2.45, 2.75) is 45.3 Å². The number of hydrogen-bond acceptors (Lipinski definition) is 6. The average molecular weight is 347 g/mol. The van der Waals surface area contributed by atoms with Crippen LogP contribution in [0.2, 0.25) is 0 Å². The number of nitrogens with two attached hydrogens (primary N) is 1. The molecule has 2 aliphatic rings. The van der Waals surface area contributed by atoms with Crippen LogP contribution in [0.1, 0.15) is 43.9 Å². The number of nitrogens with zero attached hydrogens (tertiary/aromatic N) is 5. The first kappa shape index (κ1) is 15.3. The highest BCUT2D eigenvalue weighted by molar-refractivity contribution is 6.04. The van der Waals surface area contributed by atoms with Gasteiger partial charge in [-0.3, -0.25) is 4.99 Å². The van der Waals surface area contributed by atoms with Gasteiger partial charge in [-0.1, -0.05) is 12.1 Å². The lowest BCUT2D eigenvalue weighted by molar-refractivity contribution is 0.548. The van der Waals surface area contributed by atoms with Crippen LogP contribution in [0, 0.1) is 0 Å². The summed E-state index contributed by atoms with van der Waals surface area (Å²) in [5.74, 6) is 1.49. The van der Waals surface area contributed by atoms with Gasteiger partial charge in [-0.15, -0.1) is 0 Å². The van der Waals surface area contributed by atoms with E-state index in [1.54, 1.807) is 0 Å². The zero-order chi connectivity index (χ0) is 17.8. The summed E-state index contributed by atoms with van der Waals surface area (Å²) in [6, 6.07) is 7.17. The summed E-state index contributed by atoms with van der Waals surface area (Å²) >= 11 is 0. The molecule has 0 bridgehead atoms. The number of aliphatic imine (C=N–C) groups is 1. The predicted molar refractivity (Wildman–Crippen MR) is 102 cm³/mol. The van der Waals surface area contributed by atoms with Crippen LogP contribution < -0.4 is 11.1 Å². The standard InChI is InChI=1S/C19H21N7/c1-10(2)26-19-15(17(20)22-9-23-19)16(25-26)11-3-6-14-12(7-11)8-21-18(14)24-13-4-5-13/h3,6-7,9-10,13H,4-5,8H2,1-2H3,(H,21,24)(H2,20,22,23). The lowest BCUT2D eigenvalue weighted by Crippen LogP contribution is -2.25. The maximum atomic E-state index is 6.17. The Balaban J connectivity index is 1.61. The van der Waals surface area contributed by atoms with Crippen molar-refractivity contribution in [3.05, 3.63) is 35.7 Å². The zero-order valence-electron chi connectivity index (χ0n) is 14.9. The molecule has 7 nitrogen and oxygen atoms in total. The van der Waals surface area contributed by atoms with E-state index in [0.29, 0.717) is 18.4 Å². The van der Waals surface area contributed by atoms with Crippen molar-refractivity contribution in [3.8, 4) is 11.3 Å². The van der Waals surface area contributed by atoms with Crippen LogP contribution in [0.15, 0.2) is 29.5 Å². The van der Waals surface area contributed by atoms with E-state index in [1.165, 1.54) is 30.3 Å². The summed E-state index contributed by atoms with van der Waals surface area (Å²) in [4.78, 5) is 13.2. The molecule has 3 heterocycles. The summed E-state index contributed by atoms with van der Waals surface area (Å²) < 4.78 is 1.91. The second-order valence-electron chi connectivity index (χ2n) is 7.30. The fourth-order valence-corrected chi connectivity index (χ4v) is 3.45. The topological polar surface area (TPSA) is 94.0 Å². The first-order valence-electron chi connectivity index (χ1n) is 9.05. The van der Waals surface area contributed by atoms with Gasteiger partial charge in [-0.2, -0.15) is 5.10 Å². The van der Waals surface area contributed by atoms with E-state index < -0.39 is 0 Å². The highest BCUT2D eigenvalue weighted by atomic mass is 15.3. The Morgan fingerprint density at radius 2 is 2.08 bits per heavy atom. The number of nitrogens with one attached hydrogen (secondary N) is 1. The van der Waals surface area contributed by atoms with E-state index in [4.69, 9.17) is 10.8 Å². The summed E-state index contributed by atoms with van der Waals surface area (Å²) in [5, 5.41) is 9.14. The summed E-state index contributed by atoms with van der Waals surface area (Å²) in [6.07, 6.45) is 3.98. The molecule has 1 aliphatic carbocycles. The molecule has 0 amide bonds. The van der Waals surface area contributed by atoms with Crippen molar-refractivity contribution >= 4 is 22.7 Å². The normalized spacial score (nSPS) is 16.2. The lowest BCUT2D eigenvalue weighted by Gasteiger charge is -2.07. The average Bonchev–Trinajstić information content (AvgIpc) is 3.21. The highest BCUT2D eigenvalue weighted by Gasteiger charge is 2.26. The number of benzene rings is 1. The molecule has 1 aliphatic heterocycles. The van der Waals surface area contributed by atoms with Crippen molar-refractivity contribution in [1.29, 1.82) is 0 Å². The number of fused-ring (bicyclic) bond motifs is 2. The smallest absolute Gasteiger partial charge is 0.164 e. The first-order chi connectivity index (χ1) is 12.6. The summed E-state index contributed by atoms with van der Waals surface area (Å²) in [6.45, 7) is 4.87. The molecule has 0 saturated heterocycles. The number of hydrogen-bond donors (Lipinski definition) is 2. The minimum atomic E-state index is 0.188. The van der Waals surface area contributed by atoms with Crippen molar-refractivity contribution in [2.75, 3.05) is 5.73 Å². The Morgan fingerprint density at radius 3 is 2.85 bits per heavy atom. The molecular weight excluding hydrogens is 326 g/mol. The zero-order valence-corrected chi connectivity index (χ0v) is 14.9. The third-order valence-electron chi connectivity index (χ3n) is 4.97. The van der Waals surface area contributed by atoms with Gasteiger partial charge in [-0.05, 0) is 38.3 Å². The van der Waals surface area contributed by atoms with Crippen molar-refractivity contribution in [1.82, 2.24) is 25.1 Å². The van der Waals surface area contributed by atoms with Crippen LogP contribution in [-0.4, -0.2) is 31.6 Å². The molecule has 1 aromatic carbocycles. The molecular formula is C19H21N7. The van der Waals surface area contributed by atoms with E-state index in [0.717, 1.165) is 28.1 Å². The van der Waals surface area contributed by atoms with E-state index in [2.05, 4.69) is 52.3 Å². The van der Waals surface area contributed by atoms with E-state index >= 15 is 0 Å². The Hall–Kier alpha value is -2.96. The van der Waals surface area contributed by atoms with E-state index in [1.807, 2.05) is 4.68 Å². The molecule has 26 heavy (non-hydrogen) atoms. The molecule has 0 radical (unpaired) electrons. The predicted octanol–water partition coefficient (Wildman–Crippen LogP) is 2.67. The molecule has 5 rings (SSSR count). The van der Waals surface area contributed by atoms with Gasteiger partial charge >= 0.3 is 0 Å². The quantitative estimate of drug-likeness (QED) is 0.760. The van der Waals surface area contributed by atoms with Crippen LogP contribution in [0.25, 0.3) is 22.3 Å². The molecule has 3 N–H and O–H groups in total. The number of aromatic nitrogens is 4. The SMILES string of the molecule is CC(C)n1nc(-c2ccc3c(c2)CN=C3NC2CC2)c2c(N)ncnc21. The van der Waals surface area contributed by atoms with Gasteiger partial charge in [0.2, 0.25) is 0 Å². The third kappa shape index (κ3) is 2.34. The number of amidine groups is 1. The molecule has 2 aromatic heterocycles. The number of rotatable bonds is 3. The largest absolute Gasteiger partial charge is 0.383 e. The van der Waals surface area contributed by atoms with Crippen LogP contribution in [0.5, 0.6) is 0 Å². The molecule has 0 atom stereocenters. The highest BCUT2D eigenvalue weighted by Crippen LogP contribution is 2.33. The number of anilines is 1. The van der Waals surface area contributed by atoms with Crippen LogP contribution in [0.4, 0.5) is 5.82 Å². The minimum Gasteiger partial charge on any atom is -0.383 e. The van der Waals surface area contributed by atoms with Gasteiger partial charge in [0.1, 0.15) is 23.7 Å². The Labute approximate surface area is 151 Å². The fourth-order valence-electron chi connectivity index (χ4n) is 3.45. The van der Waals surface area contributed by atoms with Gasteiger partial charge in [0.15, 0.2) is 5.65 Å². The van der Waals surface area contributed by atoms with Crippen LogP contribution in [0.3, 0.4) is 0 Å². The Bertz CT molecular complexity index is 1040. The molecule has 1 saturated carbocycles. The van der Waals surface area contributed by atoms with Gasteiger partial charge in [0, 0.05) is 23.2 Å². The van der Waals surface area contributed by atoms with Crippen LogP contribution in [-0.2, 0) is 6.54 Å². The first-order valence-corrected chi connectivity index (χ1v) is 9.05. The van der Waals surface area contributed by atoms with Crippen molar-refractivity contribution in [3.63, 3.8) is 0 Å². The third-order valence-corrected chi connectivity index (χ3v) is 4.97. The monoisotopic (exact) mass is 347 g/mol. The Morgan fingerprint density at radius 1 is 1.23 bits per heavy atom. The van der Waals surface area contributed by atoms with Crippen molar-refractivity contribution in [2.24, 2.45) is 4.99 Å². The molecule has 3 aromatic rings. The van der Waals surface area contributed by atoms with Crippen molar-refractivity contribution < 1.29 is 0 Å². The Kier molecular flexibility index (Phi) is 3.25. The molecule has 0 spiro atoms. The fraction of sp³-hybridized carbons (Fsp3) is 0.368. The van der Waals surface area contributed by atoms with E-state index in [-0.39, 0.29) is 6.04 Å². The second kappa shape index (κ2) is 5.52. The lowest BCUT2D eigenvalue weighted by atomic mass is 10.0. The summed E-state index contributed by atoms with van der Waals surface area (Å²) in [5.41, 5.74) is 11.2. The molecule has 1 fully saturated rings. The molecule has 7 heteroatoms. The molecule has 132 valence electrons. The van der Waals surface area contributed by atoms with Gasteiger partial charge in [0.05, 0.1) is 11.9 Å².